The molecule has 0 aromatic carbocycles. The zero-order valence-electron chi connectivity index (χ0n) is 9.14. The molecule has 1 atom stereocenters. The maximum atomic E-state index is 10.6. The van der Waals surface area contributed by atoms with Crippen molar-refractivity contribution in [2.45, 2.75) is 65.4 Å². The van der Waals surface area contributed by atoms with E-state index in [2.05, 4.69) is 6.92 Å². The smallest absolute Gasteiger partial charge is 0.302 e. The highest BCUT2D eigenvalue weighted by atomic mass is 16.5. The van der Waals surface area contributed by atoms with Crippen LogP contribution in [0.2, 0.25) is 0 Å². The van der Waals surface area contributed by atoms with Crippen LogP contribution in [-0.2, 0) is 9.53 Å². The van der Waals surface area contributed by atoms with Gasteiger partial charge in [0.1, 0.15) is 0 Å². The van der Waals surface area contributed by atoms with Crippen LogP contribution in [-0.4, -0.2) is 12.1 Å². The largest absolute Gasteiger partial charge is 0.463 e. The number of carbonyl (C=O) groups excluding carboxylic acids is 1. The first-order valence-electron chi connectivity index (χ1n) is 5.34. The fourth-order valence-electron chi connectivity index (χ4n) is 1.38. The van der Waals surface area contributed by atoms with Crippen LogP contribution in [0.1, 0.15) is 59.3 Å². The monoisotopic (exact) mass is 186 g/mol. The Hall–Kier alpha value is -0.530. The number of carbonyl (C=O) groups is 1. The van der Waals surface area contributed by atoms with Crippen molar-refractivity contribution < 1.29 is 9.53 Å². The summed E-state index contributed by atoms with van der Waals surface area (Å²) in [6, 6.07) is 0. The van der Waals surface area contributed by atoms with E-state index in [0.29, 0.717) is 0 Å². The van der Waals surface area contributed by atoms with E-state index in [1.807, 2.05) is 6.92 Å². The van der Waals surface area contributed by atoms with Gasteiger partial charge in [0.05, 0.1) is 6.10 Å². The second kappa shape index (κ2) is 8.09. The average molecular weight is 186 g/mol. The zero-order valence-corrected chi connectivity index (χ0v) is 9.14. The van der Waals surface area contributed by atoms with Crippen LogP contribution < -0.4 is 0 Å². The molecular formula is C11H22O2. The van der Waals surface area contributed by atoms with Gasteiger partial charge in [0.2, 0.25) is 0 Å². The Morgan fingerprint density at radius 1 is 1.23 bits per heavy atom. The molecule has 0 aromatic heterocycles. The van der Waals surface area contributed by atoms with Crippen LogP contribution in [0.15, 0.2) is 0 Å². The van der Waals surface area contributed by atoms with Crippen molar-refractivity contribution >= 4 is 5.97 Å². The zero-order chi connectivity index (χ0) is 10.1. The second-order valence-electron chi connectivity index (χ2n) is 3.62. The quantitative estimate of drug-likeness (QED) is 0.450. The molecule has 0 heterocycles. The van der Waals surface area contributed by atoms with Crippen LogP contribution in [0.25, 0.3) is 0 Å². The van der Waals surface area contributed by atoms with E-state index in [0.717, 1.165) is 6.42 Å². The van der Waals surface area contributed by atoms with Gasteiger partial charge >= 0.3 is 5.97 Å². The molecule has 0 bridgehead atoms. The normalized spacial score (nSPS) is 12.5. The number of hydrogen-bond donors (Lipinski definition) is 0. The molecule has 78 valence electrons. The van der Waals surface area contributed by atoms with E-state index >= 15 is 0 Å². The third kappa shape index (κ3) is 9.38. The summed E-state index contributed by atoms with van der Waals surface area (Å²) in [6.45, 7) is 5.64. The van der Waals surface area contributed by atoms with Gasteiger partial charge in [0.25, 0.3) is 0 Å². The molecule has 0 aliphatic heterocycles. The number of hydrogen-bond acceptors (Lipinski definition) is 2. The van der Waals surface area contributed by atoms with E-state index in [1.54, 1.807) is 0 Å². The van der Waals surface area contributed by atoms with Crippen molar-refractivity contribution in [1.29, 1.82) is 0 Å². The molecule has 0 saturated carbocycles. The molecule has 0 aliphatic carbocycles. The van der Waals surface area contributed by atoms with Gasteiger partial charge in [-0.2, -0.15) is 0 Å². The highest BCUT2D eigenvalue weighted by molar-refractivity contribution is 5.66. The Labute approximate surface area is 81.7 Å². The summed E-state index contributed by atoms with van der Waals surface area (Å²) in [5.74, 6) is -0.166. The molecule has 2 heteroatoms. The Balaban J connectivity index is 3.17. The number of rotatable bonds is 7. The van der Waals surface area contributed by atoms with Gasteiger partial charge in [0, 0.05) is 6.92 Å². The standard InChI is InChI=1S/C11H22O2/c1-4-5-6-7-8-9-10(2)13-11(3)12/h10H,4-9H2,1-3H3. The van der Waals surface area contributed by atoms with E-state index in [9.17, 15) is 4.79 Å². The van der Waals surface area contributed by atoms with Gasteiger partial charge in [-0.15, -0.1) is 0 Å². The van der Waals surface area contributed by atoms with E-state index in [-0.39, 0.29) is 12.1 Å². The highest BCUT2D eigenvalue weighted by Gasteiger charge is 2.03. The minimum atomic E-state index is -0.166. The first-order chi connectivity index (χ1) is 6.16. The fourth-order valence-corrected chi connectivity index (χ4v) is 1.38. The van der Waals surface area contributed by atoms with Crippen molar-refractivity contribution in [2.24, 2.45) is 0 Å². The summed E-state index contributed by atoms with van der Waals surface area (Å²) in [7, 11) is 0. The summed E-state index contributed by atoms with van der Waals surface area (Å²) < 4.78 is 5.02. The lowest BCUT2D eigenvalue weighted by atomic mass is 10.1. The van der Waals surface area contributed by atoms with Gasteiger partial charge in [-0.25, -0.2) is 0 Å². The first kappa shape index (κ1) is 12.5. The van der Waals surface area contributed by atoms with Crippen LogP contribution in [0.5, 0.6) is 0 Å². The SMILES string of the molecule is CCCCCCCC(C)OC(C)=O. The molecule has 0 radical (unpaired) electrons. The van der Waals surface area contributed by atoms with E-state index < -0.39 is 0 Å². The average Bonchev–Trinajstić information content (AvgIpc) is 2.02. The van der Waals surface area contributed by atoms with Crippen LogP contribution >= 0.6 is 0 Å². The lowest BCUT2D eigenvalue weighted by Crippen LogP contribution is -2.11. The molecule has 2 nitrogen and oxygen atoms in total. The van der Waals surface area contributed by atoms with Crippen molar-refractivity contribution in [2.75, 3.05) is 0 Å². The summed E-state index contributed by atoms with van der Waals surface area (Å²) >= 11 is 0. The van der Waals surface area contributed by atoms with Crippen LogP contribution in [0.3, 0.4) is 0 Å². The van der Waals surface area contributed by atoms with Gasteiger partial charge < -0.3 is 4.74 Å². The summed E-state index contributed by atoms with van der Waals surface area (Å²) in [4.78, 5) is 10.6. The molecule has 0 spiro atoms. The topological polar surface area (TPSA) is 26.3 Å². The summed E-state index contributed by atoms with van der Waals surface area (Å²) in [5, 5.41) is 0. The predicted octanol–water partition coefficient (Wildman–Crippen LogP) is 3.30. The first-order valence-corrected chi connectivity index (χ1v) is 5.34. The van der Waals surface area contributed by atoms with Crippen LogP contribution in [0, 0.1) is 0 Å². The third-order valence-electron chi connectivity index (χ3n) is 2.08. The molecule has 0 amide bonds. The lowest BCUT2D eigenvalue weighted by Gasteiger charge is -2.10. The van der Waals surface area contributed by atoms with E-state index in [1.165, 1.54) is 39.0 Å². The molecule has 0 aromatic rings. The van der Waals surface area contributed by atoms with Crippen LogP contribution in [0.4, 0.5) is 0 Å². The maximum absolute atomic E-state index is 10.6. The van der Waals surface area contributed by atoms with Crippen molar-refractivity contribution in [1.82, 2.24) is 0 Å². The predicted molar refractivity (Wildman–Crippen MR) is 54.6 cm³/mol. The Morgan fingerprint density at radius 2 is 1.85 bits per heavy atom. The number of esters is 1. The Morgan fingerprint density at radius 3 is 2.38 bits per heavy atom. The highest BCUT2D eigenvalue weighted by Crippen LogP contribution is 2.08. The third-order valence-corrected chi connectivity index (χ3v) is 2.08. The molecular weight excluding hydrogens is 164 g/mol. The Bertz CT molecular complexity index is 132. The van der Waals surface area contributed by atoms with Gasteiger partial charge in [-0.3, -0.25) is 4.79 Å². The van der Waals surface area contributed by atoms with Gasteiger partial charge in [-0.05, 0) is 19.8 Å². The Kier molecular flexibility index (Phi) is 7.76. The van der Waals surface area contributed by atoms with Gasteiger partial charge in [-0.1, -0.05) is 32.6 Å². The number of ether oxygens (including phenoxy) is 1. The van der Waals surface area contributed by atoms with Gasteiger partial charge in [0.15, 0.2) is 0 Å². The van der Waals surface area contributed by atoms with Crippen molar-refractivity contribution in [3.8, 4) is 0 Å². The molecule has 0 aliphatic rings. The maximum Gasteiger partial charge on any atom is 0.302 e. The number of unbranched alkanes of at least 4 members (excludes halogenated alkanes) is 4. The molecule has 13 heavy (non-hydrogen) atoms. The molecule has 1 unspecified atom stereocenters. The minimum absolute atomic E-state index is 0.0964. The minimum Gasteiger partial charge on any atom is -0.463 e. The summed E-state index contributed by atoms with van der Waals surface area (Å²) in [6.07, 6.45) is 7.45. The lowest BCUT2D eigenvalue weighted by molar-refractivity contribution is -0.145. The fraction of sp³-hybridized carbons (Fsp3) is 0.909. The molecule has 0 fully saturated rings. The van der Waals surface area contributed by atoms with Crippen molar-refractivity contribution in [3.05, 3.63) is 0 Å². The molecule has 0 rings (SSSR count). The van der Waals surface area contributed by atoms with E-state index in [4.69, 9.17) is 4.74 Å². The van der Waals surface area contributed by atoms with Crippen molar-refractivity contribution in [3.63, 3.8) is 0 Å². The summed E-state index contributed by atoms with van der Waals surface area (Å²) in [5.41, 5.74) is 0. The second-order valence-corrected chi connectivity index (χ2v) is 3.62. The molecule has 0 saturated heterocycles. The molecule has 0 N–H and O–H groups in total.